The Hall–Kier alpha value is -1.42. The first-order valence-corrected chi connectivity index (χ1v) is 6.12. The maximum Gasteiger partial charge on any atom is 0.325 e. The number of nitrogens with one attached hydrogen (secondary N) is 1. The van der Waals surface area contributed by atoms with E-state index in [1.807, 2.05) is 13.0 Å². The lowest BCUT2D eigenvalue weighted by molar-refractivity contribution is -0.147. The van der Waals surface area contributed by atoms with Crippen LogP contribution in [0.3, 0.4) is 0 Å². The summed E-state index contributed by atoms with van der Waals surface area (Å²) in [5.41, 5.74) is 0.0726. The zero-order chi connectivity index (χ0) is 13.2. The molecule has 0 radical (unpaired) electrons. The molecule has 18 heavy (non-hydrogen) atoms. The van der Waals surface area contributed by atoms with Crippen LogP contribution in [-0.2, 0) is 16.0 Å². The Labute approximate surface area is 106 Å². The van der Waals surface area contributed by atoms with Crippen molar-refractivity contribution < 1.29 is 13.9 Å². The average Bonchev–Trinajstić information content (AvgIpc) is 2.74. The van der Waals surface area contributed by atoms with E-state index in [9.17, 15) is 9.18 Å². The van der Waals surface area contributed by atoms with Crippen molar-refractivity contribution in [2.45, 2.75) is 25.3 Å². The molecule has 1 saturated heterocycles. The van der Waals surface area contributed by atoms with Gasteiger partial charge in [0.1, 0.15) is 11.4 Å². The van der Waals surface area contributed by atoms with Gasteiger partial charge in [-0.25, -0.2) is 4.39 Å². The normalized spacial score (nSPS) is 27.2. The zero-order valence-corrected chi connectivity index (χ0v) is 10.7. The van der Waals surface area contributed by atoms with Crippen molar-refractivity contribution in [3.8, 4) is 0 Å². The molecule has 3 nitrogen and oxygen atoms in total. The molecule has 1 aliphatic rings. The van der Waals surface area contributed by atoms with E-state index in [2.05, 4.69) is 5.32 Å². The number of ether oxygens (including phenoxy) is 1. The number of rotatable bonds is 3. The third-order valence-corrected chi connectivity index (χ3v) is 3.58. The number of hydrogen-bond donors (Lipinski definition) is 1. The lowest BCUT2D eigenvalue weighted by Crippen LogP contribution is -2.45. The van der Waals surface area contributed by atoms with E-state index in [-0.39, 0.29) is 17.7 Å². The van der Waals surface area contributed by atoms with Crippen molar-refractivity contribution >= 4 is 5.97 Å². The molecule has 2 rings (SSSR count). The molecule has 1 aromatic rings. The third-order valence-electron chi connectivity index (χ3n) is 3.58. The Morgan fingerprint density at radius 2 is 2.28 bits per heavy atom. The Balaban J connectivity index is 2.02. The molecule has 1 fully saturated rings. The molecule has 0 amide bonds. The van der Waals surface area contributed by atoms with Crippen molar-refractivity contribution in [1.29, 1.82) is 0 Å². The highest BCUT2D eigenvalue weighted by molar-refractivity contribution is 5.80. The summed E-state index contributed by atoms with van der Waals surface area (Å²) in [6.45, 7) is 2.54. The van der Waals surface area contributed by atoms with E-state index in [1.165, 1.54) is 13.2 Å². The van der Waals surface area contributed by atoms with Gasteiger partial charge in [-0.05, 0) is 43.9 Å². The van der Waals surface area contributed by atoms with Gasteiger partial charge in [0.15, 0.2) is 0 Å². The standard InChI is InChI=1S/C14H18FNO2/c1-14(13(17)18-2)8-10(9-16-14)7-11-5-3-4-6-12(11)15/h3-6,10,16H,7-9H2,1-2H3. The number of methoxy groups -OCH3 is 1. The van der Waals surface area contributed by atoms with Crippen LogP contribution >= 0.6 is 0 Å². The van der Waals surface area contributed by atoms with Crippen LogP contribution in [0, 0.1) is 11.7 Å². The second-order valence-corrected chi connectivity index (χ2v) is 5.07. The van der Waals surface area contributed by atoms with Crippen LogP contribution in [0.1, 0.15) is 18.9 Å². The van der Waals surface area contributed by atoms with E-state index >= 15 is 0 Å². The minimum atomic E-state index is -0.634. The van der Waals surface area contributed by atoms with Crippen molar-refractivity contribution in [2.75, 3.05) is 13.7 Å². The maximum atomic E-state index is 13.5. The second-order valence-electron chi connectivity index (χ2n) is 5.07. The summed E-state index contributed by atoms with van der Waals surface area (Å²) < 4.78 is 18.3. The molecule has 1 heterocycles. The smallest absolute Gasteiger partial charge is 0.325 e. The molecule has 1 N–H and O–H groups in total. The largest absolute Gasteiger partial charge is 0.468 e. The van der Waals surface area contributed by atoms with Crippen molar-refractivity contribution in [2.24, 2.45) is 5.92 Å². The Morgan fingerprint density at radius 3 is 2.94 bits per heavy atom. The summed E-state index contributed by atoms with van der Waals surface area (Å²) >= 11 is 0. The quantitative estimate of drug-likeness (QED) is 0.834. The van der Waals surface area contributed by atoms with Gasteiger partial charge in [0.25, 0.3) is 0 Å². The van der Waals surface area contributed by atoms with Crippen LogP contribution < -0.4 is 5.32 Å². The molecule has 0 aliphatic carbocycles. The first-order chi connectivity index (χ1) is 8.55. The van der Waals surface area contributed by atoms with Crippen molar-refractivity contribution in [3.05, 3.63) is 35.6 Å². The van der Waals surface area contributed by atoms with Crippen molar-refractivity contribution in [1.82, 2.24) is 5.32 Å². The molecule has 0 saturated carbocycles. The number of hydrogen-bond acceptors (Lipinski definition) is 3. The van der Waals surface area contributed by atoms with Gasteiger partial charge in [0.2, 0.25) is 0 Å². The maximum absolute atomic E-state index is 13.5. The van der Waals surface area contributed by atoms with E-state index in [4.69, 9.17) is 4.74 Å². The minimum absolute atomic E-state index is 0.177. The molecular weight excluding hydrogens is 233 g/mol. The molecule has 4 heteroatoms. The van der Waals surface area contributed by atoms with E-state index in [0.717, 1.165) is 0 Å². The summed E-state index contributed by atoms with van der Waals surface area (Å²) in [4.78, 5) is 11.6. The molecule has 2 atom stereocenters. The zero-order valence-electron chi connectivity index (χ0n) is 10.7. The first-order valence-electron chi connectivity index (χ1n) is 6.12. The number of carbonyl (C=O) groups is 1. The lowest BCUT2D eigenvalue weighted by Gasteiger charge is -2.20. The number of benzene rings is 1. The number of halogens is 1. The fourth-order valence-electron chi connectivity index (χ4n) is 2.59. The molecule has 1 aromatic carbocycles. The van der Waals surface area contributed by atoms with Gasteiger partial charge in [-0.1, -0.05) is 18.2 Å². The van der Waals surface area contributed by atoms with E-state index in [1.54, 1.807) is 12.1 Å². The SMILES string of the molecule is COC(=O)C1(C)CC(Cc2ccccc2F)CN1. The molecular formula is C14H18FNO2. The number of carbonyl (C=O) groups excluding carboxylic acids is 1. The van der Waals surface area contributed by atoms with Crippen LogP contribution in [-0.4, -0.2) is 25.2 Å². The fraction of sp³-hybridized carbons (Fsp3) is 0.500. The van der Waals surface area contributed by atoms with Gasteiger partial charge in [-0.3, -0.25) is 4.79 Å². The Bertz CT molecular complexity index is 449. The first kappa shape index (κ1) is 13.0. The highest BCUT2D eigenvalue weighted by Gasteiger charge is 2.41. The summed E-state index contributed by atoms with van der Waals surface area (Å²) in [6, 6.07) is 6.78. The Kier molecular flexibility index (Phi) is 3.66. The predicted molar refractivity (Wildman–Crippen MR) is 66.6 cm³/mol. The van der Waals surface area contributed by atoms with Gasteiger partial charge in [-0.2, -0.15) is 0 Å². The van der Waals surface area contributed by atoms with E-state index in [0.29, 0.717) is 24.9 Å². The van der Waals surface area contributed by atoms with Gasteiger partial charge >= 0.3 is 5.97 Å². The van der Waals surface area contributed by atoms with Crippen LogP contribution in [0.4, 0.5) is 4.39 Å². The second kappa shape index (κ2) is 5.06. The van der Waals surface area contributed by atoms with Gasteiger partial charge in [0.05, 0.1) is 7.11 Å². The van der Waals surface area contributed by atoms with Gasteiger partial charge in [0, 0.05) is 0 Å². The summed E-state index contributed by atoms with van der Waals surface area (Å²) in [5.74, 6) is -0.172. The van der Waals surface area contributed by atoms with Gasteiger partial charge < -0.3 is 10.1 Å². The van der Waals surface area contributed by atoms with Crippen molar-refractivity contribution in [3.63, 3.8) is 0 Å². The fourth-order valence-corrected chi connectivity index (χ4v) is 2.59. The molecule has 0 bridgehead atoms. The topological polar surface area (TPSA) is 38.3 Å². The highest BCUT2D eigenvalue weighted by Crippen LogP contribution is 2.28. The third kappa shape index (κ3) is 2.53. The number of esters is 1. The molecule has 0 aromatic heterocycles. The molecule has 2 unspecified atom stereocenters. The average molecular weight is 251 g/mol. The lowest BCUT2D eigenvalue weighted by atomic mass is 9.90. The highest BCUT2D eigenvalue weighted by atomic mass is 19.1. The van der Waals surface area contributed by atoms with E-state index < -0.39 is 5.54 Å². The van der Waals surface area contributed by atoms with Crippen LogP contribution in [0.2, 0.25) is 0 Å². The molecule has 98 valence electrons. The van der Waals surface area contributed by atoms with Crippen LogP contribution in [0.5, 0.6) is 0 Å². The predicted octanol–water partition coefficient (Wildman–Crippen LogP) is 1.91. The van der Waals surface area contributed by atoms with Crippen LogP contribution in [0.15, 0.2) is 24.3 Å². The summed E-state index contributed by atoms with van der Waals surface area (Å²) in [7, 11) is 1.39. The van der Waals surface area contributed by atoms with Crippen LogP contribution in [0.25, 0.3) is 0 Å². The Morgan fingerprint density at radius 1 is 1.56 bits per heavy atom. The molecule has 0 spiro atoms. The minimum Gasteiger partial charge on any atom is -0.468 e. The van der Waals surface area contributed by atoms with Gasteiger partial charge in [-0.15, -0.1) is 0 Å². The summed E-state index contributed by atoms with van der Waals surface area (Å²) in [5, 5.41) is 3.18. The monoisotopic (exact) mass is 251 g/mol. The molecule has 1 aliphatic heterocycles. The summed E-state index contributed by atoms with van der Waals surface area (Å²) in [6.07, 6.45) is 1.32.